The highest BCUT2D eigenvalue weighted by atomic mass is 16.5. The third kappa shape index (κ3) is 3.85. The van der Waals surface area contributed by atoms with Crippen molar-refractivity contribution in [3.05, 3.63) is 59.7 Å². The molecule has 1 N–H and O–H groups in total. The molecule has 2 aromatic carbocycles. The largest absolute Gasteiger partial charge is 0.494 e. The Bertz CT molecular complexity index is 740. The number of unbranched alkanes of at least 4 members (excludes halogenated alkanes) is 2. The van der Waals surface area contributed by atoms with E-state index in [1.54, 1.807) is 0 Å². The minimum atomic E-state index is -0.174. The molecule has 1 aliphatic heterocycles. The molecule has 1 amide bonds. The number of fused-ring (bicyclic) bond motifs is 1. The number of nitrogens with one attached hydrogen (secondary N) is 1. The van der Waals surface area contributed by atoms with Gasteiger partial charge in [0, 0.05) is 11.7 Å². The maximum atomic E-state index is 13.0. The molecule has 0 aliphatic carbocycles. The number of carbonyl (C=O) groups is 1. The van der Waals surface area contributed by atoms with Crippen LogP contribution in [-0.4, -0.2) is 23.5 Å². The summed E-state index contributed by atoms with van der Waals surface area (Å²) < 4.78 is 5.80. The molecular weight excluding hydrogens is 324 g/mol. The Hall–Kier alpha value is -2.49. The van der Waals surface area contributed by atoms with Crippen molar-refractivity contribution in [1.82, 2.24) is 4.90 Å². The van der Waals surface area contributed by atoms with Gasteiger partial charge in [0.25, 0.3) is 5.91 Å². The summed E-state index contributed by atoms with van der Waals surface area (Å²) in [5.41, 5.74) is 2.68. The summed E-state index contributed by atoms with van der Waals surface area (Å²) in [5, 5.41) is 3.52. The van der Waals surface area contributed by atoms with Gasteiger partial charge in [-0.2, -0.15) is 0 Å². The molecule has 138 valence electrons. The number of ether oxygens (including phenoxy) is 1. The molecule has 0 saturated carbocycles. The molecule has 0 radical (unpaired) electrons. The second-order valence-electron chi connectivity index (χ2n) is 7.02. The van der Waals surface area contributed by atoms with Gasteiger partial charge in [-0.3, -0.25) is 4.79 Å². The summed E-state index contributed by atoms with van der Waals surface area (Å²) in [6, 6.07) is 15.9. The first-order valence-electron chi connectivity index (χ1n) is 9.52. The zero-order valence-electron chi connectivity index (χ0n) is 15.9. The van der Waals surface area contributed by atoms with E-state index < -0.39 is 0 Å². The van der Waals surface area contributed by atoms with Gasteiger partial charge in [0.15, 0.2) is 0 Å². The molecule has 4 heteroatoms. The van der Waals surface area contributed by atoms with E-state index >= 15 is 0 Å². The highest BCUT2D eigenvalue weighted by Gasteiger charge is 2.34. The molecule has 0 bridgehead atoms. The van der Waals surface area contributed by atoms with Crippen molar-refractivity contribution in [2.45, 2.75) is 52.2 Å². The minimum absolute atomic E-state index is 0.0687. The van der Waals surface area contributed by atoms with Crippen molar-refractivity contribution < 1.29 is 9.53 Å². The molecule has 0 saturated heterocycles. The molecule has 0 fully saturated rings. The Kier molecular flexibility index (Phi) is 5.82. The van der Waals surface area contributed by atoms with Gasteiger partial charge in [-0.05, 0) is 50.1 Å². The molecule has 1 atom stereocenters. The number of carbonyl (C=O) groups excluding carboxylic acids is 1. The fraction of sp³-hybridized carbons (Fsp3) is 0.409. The third-order valence-corrected chi connectivity index (χ3v) is 4.73. The average molecular weight is 352 g/mol. The van der Waals surface area contributed by atoms with Crippen LogP contribution in [0.3, 0.4) is 0 Å². The summed E-state index contributed by atoms with van der Waals surface area (Å²) in [5.74, 6) is 0.947. The van der Waals surface area contributed by atoms with E-state index in [0.717, 1.165) is 35.6 Å². The Labute approximate surface area is 156 Å². The molecule has 0 spiro atoms. The number of amides is 1. The van der Waals surface area contributed by atoms with E-state index in [0.29, 0.717) is 0 Å². The van der Waals surface area contributed by atoms with E-state index in [1.807, 2.05) is 67.3 Å². The van der Waals surface area contributed by atoms with Crippen LogP contribution in [0.25, 0.3) is 0 Å². The van der Waals surface area contributed by atoms with Crippen LogP contribution in [0.4, 0.5) is 5.69 Å². The van der Waals surface area contributed by atoms with Gasteiger partial charge in [-0.25, -0.2) is 0 Å². The first kappa shape index (κ1) is 18.3. The van der Waals surface area contributed by atoms with Gasteiger partial charge in [0.05, 0.1) is 12.2 Å². The first-order valence-corrected chi connectivity index (χ1v) is 9.52. The minimum Gasteiger partial charge on any atom is -0.494 e. The lowest BCUT2D eigenvalue weighted by molar-refractivity contribution is 0.0617. The predicted octanol–water partition coefficient (Wildman–Crippen LogP) is 5.23. The van der Waals surface area contributed by atoms with Crippen LogP contribution in [0, 0.1) is 0 Å². The van der Waals surface area contributed by atoms with E-state index in [1.165, 1.54) is 12.8 Å². The maximum absolute atomic E-state index is 13.0. The SMILES string of the molecule is CCCCCOc1ccc(C2Nc3ccccc3C(=O)N2C(C)C)cc1. The molecule has 1 heterocycles. The van der Waals surface area contributed by atoms with E-state index in [-0.39, 0.29) is 18.1 Å². The number of hydrogen-bond acceptors (Lipinski definition) is 3. The Morgan fingerprint density at radius 2 is 1.81 bits per heavy atom. The lowest BCUT2D eigenvalue weighted by atomic mass is 10.0. The van der Waals surface area contributed by atoms with Crippen molar-refractivity contribution in [3.63, 3.8) is 0 Å². The summed E-state index contributed by atoms with van der Waals surface area (Å²) in [6.07, 6.45) is 3.28. The van der Waals surface area contributed by atoms with E-state index in [2.05, 4.69) is 12.2 Å². The Morgan fingerprint density at radius 3 is 2.50 bits per heavy atom. The number of hydrogen-bond donors (Lipinski definition) is 1. The van der Waals surface area contributed by atoms with Gasteiger partial charge in [-0.1, -0.05) is 44.0 Å². The monoisotopic (exact) mass is 352 g/mol. The molecule has 3 rings (SSSR count). The number of para-hydroxylation sites is 1. The fourth-order valence-electron chi connectivity index (χ4n) is 3.33. The zero-order valence-corrected chi connectivity index (χ0v) is 15.9. The van der Waals surface area contributed by atoms with Crippen LogP contribution in [0.15, 0.2) is 48.5 Å². The number of anilines is 1. The predicted molar refractivity (Wildman–Crippen MR) is 106 cm³/mol. The lowest BCUT2D eigenvalue weighted by Gasteiger charge is -2.40. The molecular formula is C22H28N2O2. The van der Waals surface area contributed by atoms with Crippen molar-refractivity contribution in [1.29, 1.82) is 0 Å². The molecule has 0 aromatic heterocycles. The molecule has 4 nitrogen and oxygen atoms in total. The molecule has 26 heavy (non-hydrogen) atoms. The van der Waals surface area contributed by atoms with Crippen LogP contribution in [-0.2, 0) is 0 Å². The second-order valence-corrected chi connectivity index (χ2v) is 7.02. The highest BCUT2D eigenvalue weighted by molar-refractivity contribution is 6.01. The number of nitrogens with zero attached hydrogens (tertiary/aromatic N) is 1. The summed E-state index contributed by atoms with van der Waals surface area (Å²) in [6.45, 7) is 7.03. The molecule has 1 aliphatic rings. The van der Waals surface area contributed by atoms with Crippen molar-refractivity contribution >= 4 is 11.6 Å². The lowest BCUT2D eigenvalue weighted by Crippen LogP contribution is -2.46. The van der Waals surface area contributed by atoms with Crippen molar-refractivity contribution in [2.24, 2.45) is 0 Å². The summed E-state index contributed by atoms with van der Waals surface area (Å²) in [7, 11) is 0. The quantitative estimate of drug-likeness (QED) is 0.694. The zero-order chi connectivity index (χ0) is 18.5. The second kappa shape index (κ2) is 8.26. The van der Waals surface area contributed by atoms with Crippen molar-refractivity contribution in [3.8, 4) is 5.75 Å². The average Bonchev–Trinajstić information content (AvgIpc) is 2.65. The fourth-order valence-corrected chi connectivity index (χ4v) is 3.33. The van der Waals surface area contributed by atoms with E-state index in [9.17, 15) is 4.79 Å². The van der Waals surface area contributed by atoms with Crippen LogP contribution in [0.2, 0.25) is 0 Å². The Morgan fingerprint density at radius 1 is 1.08 bits per heavy atom. The maximum Gasteiger partial charge on any atom is 0.258 e. The van der Waals surface area contributed by atoms with Crippen LogP contribution in [0.5, 0.6) is 5.75 Å². The first-order chi connectivity index (χ1) is 12.6. The van der Waals surface area contributed by atoms with Gasteiger partial charge < -0.3 is 15.0 Å². The van der Waals surface area contributed by atoms with Crippen LogP contribution < -0.4 is 10.1 Å². The summed E-state index contributed by atoms with van der Waals surface area (Å²) in [4.78, 5) is 14.9. The smallest absolute Gasteiger partial charge is 0.258 e. The third-order valence-electron chi connectivity index (χ3n) is 4.73. The molecule has 2 aromatic rings. The van der Waals surface area contributed by atoms with E-state index in [4.69, 9.17) is 4.74 Å². The normalized spacial score (nSPS) is 16.4. The Balaban J connectivity index is 1.79. The number of benzene rings is 2. The van der Waals surface area contributed by atoms with Gasteiger partial charge in [0.1, 0.15) is 11.9 Å². The topological polar surface area (TPSA) is 41.6 Å². The van der Waals surface area contributed by atoms with Gasteiger partial charge >= 0.3 is 0 Å². The van der Waals surface area contributed by atoms with Crippen LogP contribution in [0.1, 0.15) is 62.1 Å². The van der Waals surface area contributed by atoms with Gasteiger partial charge in [-0.15, -0.1) is 0 Å². The standard InChI is InChI=1S/C22H28N2O2/c1-4-5-8-15-26-18-13-11-17(12-14-18)21-23-20-10-7-6-9-19(20)22(25)24(21)16(2)3/h6-7,9-14,16,21,23H,4-5,8,15H2,1-3H3. The van der Waals surface area contributed by atoms with Gasteiger partial charge in [0.2, 0.25) is 0 Å². The summed E-state index contributed by atoms with van der Waals surface area (Å²) >= 11 is 0. The number of rotatable bonds is 7. The molecule has 1 unspecified atom stereocenters. The highest BCUT2D eigenvalue weighted by Crippen LogP contribution is 2.34. The van der Waals surface area contributed by atoms with Crippen LogP contribution >= 0.6 is 0 Å². The van der Waals surface area contributed by atoms with Crippen molar-refractivity contribution in [2.75, 3.05) is 11.9 Å².